The van der Waals surface area contributed by atoms with E-state index in [1.165, 1.54) is 0 Å². The fourth-order valence-corrected chi connectivity index (χ4v) is 0. The fourth-order valence-electron chi connectivity index (χ4n) is 0. The van der Waals surface area contributed by atoms with Crippen LogP contribution >= 0.6 is 0 Å². The Labute approximate surface area is 144 Å². The molecule has 0 aliphatic carbocycles. The summed E-state index contributed by atoms with van der Waals surface area (Å²) in [6, 6.07) is 0. The smallest absolute Gasteiger partial charge is 0.418 e. The number of rotatable bonds is 0. The molecule has 0 saturated heterocycles. The van der Waals surface area contributed by atoms with Crippen molar-refractivity contribution in [2.24, 2.45) is 0 Å². The molecule has 0 fully saturated rings. The summed E-state index contributed by atoms with van der Waals surface area (Å²) in [5, 5.41) is 0. The molecule has 0 heterocycles. The lowest BCUT2D eigenvalue weighted by atomic mass is 10.3. The second-order valence-corrected chi connectivity index (χ2v) is 1.48. The van der Waals surface area contributed by atoms with Gasteiger partial charge in [0.25, 0.3) is 0 Å². The molecule has 0 bridgehead atoms. The van der Waals surface area contributed by atoms with Crippen LogP contribution in [0.2, 0.25) is 0 Å². The minimum Gasteiger partial charge on any atom is -0.418 e. The Bertz CT molecular complexity index is 110. The first kappa shape index (κ1) is 49.7. The summed E-state index contributed by atoms with van der Waals surface area (Å²) in [6.07, 6.45) is 0. The van der Waals surface area contributed by atoms with Crippen molar-refractivity contribution >= 4 is 21.8 Å². The molecule has 15 heteroatoms. The maximum absolute atomic E-state index is 9.75. The van der Waals surface area contributed by atoms with E-state index in [0.29, 0.717) is 0 Å². The second-order valence-electron chi connectivity index (χ2n) is 1.48. The highest BCUT2D eigenvalue weighted by Gasteiger charge is 2.21. The minimum absolute atomic E-state index is 2.00. The summed E-state index contributed by atoms with van der Waals surface area (Å²) in [6.45, 7) is 20.0. The normalized spacial score (nSPS) is 8.40. The van der Waals surface area contributed by atoms with E-state index in [-0.39, 0.29) is 0 Å². The van der Waals surface area contributed by atoms with Crippen molar-refractivity contribution in [3.05, 3.63) is 0 Å². The van der Waals surface area contributed by atoms with E-state index in [0.717, 1.165) is 0 Å². The van der Waals surface area contributed by atoms with Crippen LogP contribution in [-0.4, -0.2) is 21.8 Å². The van der Waals surface area contributed by atoms with Crippen LogP contribution in [0.15, 0.2) is 0 Å². The SMILES string of the molecule is CC.CC.CC.CC.CC.F[B-](F)(F)F.F[B-](F)(F)F.F[B-](F)(F)F. The van der Waals surface area contributed by atoms with E-state index in [1.807, 2.05) is 69.2 Å². The fraction of sp³-hybridized carbons (Fsp3) is 1.00. The van der Waals surface area contributed by atoms with Gasteiger partial charge in [0.05, 0.1) is 0 Å². The zero-order chi connectivity index (χ0) is 23.5. The topological polar surface area (TPSA) is 0 Å². The molecule has 0 aromatic heterocycles. The van der Waals surface area contributed by atoms with E-state index in [2.05, 4.69) is 0 Å². The highest BCUT2D eigenvalue weighted by Crippen LogP contribution is 2.07. The summed E-state index contributed by atoms with van der Waals surface area (Å²) in [5.41, 5.74) is 0. The van der Waals surface area contributed by atoms with Gasteiger partial charge in [0.2, 0.25) is 0 Å². The molecule has 25 heavy (non-hydrogen) atoms. The Morgan fingerprint density at radius 1 is 0.240 bits per heavy atom. The molecule has 166 valence electrons. The molecular weight excluding hydrogens is 381 g/mol. The number of halogens is 12. The van der Waals surface area contributed by atoms with Crippen molar-refractivity contribution in [2.75, 3.05) is 0 Å². The van der Waals surface area contributed by atoms with Crippen molar-refractivity contribution < 1.29 is 51.8 Å². The van der Waals surface area contributed by atoms with E-state index >= 15 is 0 Å². The van der Waals surface area contributed by atoms with Gasteiger partial charge in [-0.25, -0.2) is 0 Å². The monoisotopic (exact) mass is 411 g/mol. The van der Waals surface area contributed by atoms with E-state index in [9.17, 15) is 51.8 Å². The molecule has 0 aliphatic heterocycles. The van der Waals surface area contributed by atoms with Crippen molar-refractivity contribution in [3.8, 4) is 0 Å². The van der Waals surface area contributed by atoms with Gasteiger partial charge in [-0.2, -0.15) is 0 Å². The van der Waals surface area contributed by atoms with E-state index in [4.69, 9.17) is 0 Å². The van der Waals surface area contributed by atoms with E-state index < -0.39 is 21.8 Å². The van der Waals surface area contributed by atoms with E-state index in [1.54, 1.807) is 0 Å². The van der Waals surface area contributed by atoms with Gasteiger partial charge in [-0.05, 0) is 0 Å². The molecule has 0 rings (SSSR count). The van der Waals surface area contributed by atoms with Gasteiger partial charge >= 0.3 is 21.8 Å². The molecule has 0 N–H and O–H groups in total. The molecular formula is C10H30B3F12-3. The highest BCUT2D eigenvalue weighted by atomic mass is 19.5. The number of hydrogen-bond donors (Lipinski definition) is 0. The van der Waals surface area contributed by atoms with Crippen LogP contribution in [0.25, 0.3) is 0 Å². The predicted molar refractivity (Wildman–Crippen MR) is 87.3 cm³/mol. The maximum atomic E-state index is 9.75. The molecule has 0 nitrogen and oxygen atoms in total. The van der Waals surface area contributed by atoms with Gasteiger partial charge in [-0.1, -0.05) is 69.2 Å². The summed E-state index contributed by atoms with van der Waals surface area (Å²) in [5.74, 6) is 0. The summed E-state index contributed by atoms with van der Waals surface area (Å²) in [7, 11) is -18.0. The van der Waals surface area contributed by atoms with Gasteiger partial charge in [0.1, 0.15) is 0 Å². The molecule has 0 spiro atoms. The third-order valence-electron chi connectivity index (χ3n) is 0. The van der Waals surface area contributed by atoms with Crippen LogP contribution in [0.5, 0.6) is 0 Å². The summed E-state index contributed by atoms with van der Waals surface area (Å²) < 4.78 is 117. The highest BCUT2D eigenvalue weighted by molar-refractivity contribution is 6.50. The molecule has 0 aromatic carbocycles. The molecule has 0 amide bonds. The lowest BCUT2D eigenvalue weighted by Crippen LogP contribution is -2.02. The molecule has 0 unspecified atom stereocenters. The first-order chi connectivity index (χ1) is 11.0. The van der Waals surface area contributed by atoms with Gasteiger partial charge in [-0.15, -0.1) is 0 Å². The van der Waals surface area contributed by atoms with Crippen LogP contribution < -0.4 is 0 Å². The zero-order valence-corrected chi connectivity index (χ0v) is 16.3. The molecule has 0 atom stereocenters. The lowest BCUT2D eigenvalue weighted by Gasteiger charge is -1.94. The second kappa shape index (κ2) is 38.8. The van der Waals surface area contributed by atoms with Gasteiger partial charge in [-0.3, -0.25) is 0 Å². The quantitative estimate of drug-likeness (QED) is 0.276. The standard InChI is InChI=1S/5C2H6.3BF4/c5*1-2;3*2-1(3,4)5/h5*1-2H3;;;/q;;;;;3*-1. The van der Waals surface area contributed by atoms with Crippen LogP contribution in [0.1, 0.15) is 69.2 Å². The average molecular weight is 411 g/mol. The Balaban J connectivity index is -0.0000000232. The first-order valence-corrected chi connectivity index (χ1v) is 7.62. The van der Waals surface area contributed by atoms with Gasteiger partial charge in [0.15, 0.2) is 0 Å². The van der Waals surface area contributed by atoms with Crippen molar-refractivity contribution in [1.82, 2.24) is 0 Å². The third-order valence-corrected chi connectivity index (χ3v) is 0. The Hall–Kier alpha value is -0.645. The summed E-state index contributed by atoms with van der Waals surface area (Å²) >= 11 is 0. The van der Waals surface area contributed by atoms with Gasteiger partial charge in [0, 0.05) is 0 Å². The Morgan fingerprint density at radius 3 is 0.240 bits per heavy atom. The molecule has 0 radical (unpaired) electrons. The maximum Gasteiger partial charge on any atom is 0.673 e. The van der Waals surface area contributed by atoms with Crippen molar-refractivity contribution in [3.63, 3.8) is 0 Å². The minimum atomic E-state index is -6.00. The molecule has 0 saturated carbocycles. The van der Waals surface area contributed by atoms with Crippen LogP contribution in [0.3, 0.4) is 0 Å². The van der Waals surface area contributed by atoms with Crippen LogP contribution in [-0.2, 0) is 0 Å². The first-order valence-electron chi connectivity index (χ1n) is 7.62. The predicted octanol–water partition coefficient (Wildman–Crippen LogP) is 9.03. The van der Waals surface area contributed by atoms with Gasteiger partial charge < -0.3 is 51.8 Å². The van der Waals surface area contributed by atoms with Crippen molar-refractivity contribution in [2.45, 2.75) is 69.2 Å². The van der Waals surface area contributed by atoms with Crippen molar-refractivity contribution in [1.29, 1.82) is 0 Å². The Kier molecular flexibility index (Phi) is 77.0. The zero-order valence-electron chi connectivity index (χ0n) is 16.3. The van der Waals surface area contributed by atoms with Crippen LogP contribution in [0.4, 0.5) is 51.8 Å². The largest absolute Gasteiger partial charge is 0.673 e. The number of hydrogen-bond acceptors (Lipinski definition) is 0. The summed E-state index contributed by atoms with van der Waals surface area (Å²) in [4.78, 5) is 0. The lowest BCUT2D eigenvalue weighted by molar-refractivity contribution is 0.366. The van der Waals surface area contributed by atoms with Crippen LogP contribution in [0, 0.1) is 0 Å². The average Bonchev–Trinajstić information content (AvgIpc) is 2.44. The Morgan fingerprint density at radius 2 is 0.240 bits per heavy atom. The molecule has 0 aliphatic rings. The molecule has 0 aromatic rings. The third kappa shape index (κ3) is 25600.